The minimum Gasteiger partial charge on any atom is -0.327 e. The molecule has 2 aromatic rings. The van der Waals surface area contributed by atoms with E-state index in [2.05, 4.69) is 10.3 Å². The van der Waals surface area contributed by atoms with E-state index in [0.717, 1.165) is 16.8 Å². The summed E-state index contributed by atoms with van der Waals surface area (Å²) in [5.41, 5.74) is 3.26. The Morgan fingerprint density at radius 1 is 1.14 bits per heavy atom. The lowest BCUT2D eigenvalue weighted by Crippen LogP contribution is -2.30. The van der Waals surface area contributed by atoms with Gasteiger partial charge in [-0.15, -0.1) is 0 Å². The third kappa shape index (κ3) is 2.68. The Bertz CT molecular complexity index is 723. The molecule has 0 unspecified atom stereocenters. The molecule has 1 aromatic carbocycles. The molecule has 2 heterocycles. The van der Waals surface area contributed by atoms with Crippen molar-refractivity contribution in [3.05, 3.63) is 65.6 Å². The minimum atomic E-state index is -0.152. The maximum absolute atomic E-state index is 12.5. The highest BCUT2D eigenvalue weighted by Gasteiger charge is 2.31. The number of benzene rings is 1. The number of aromatic nitrogens is 1. The van der Waals surface area contributed by atoms with Gasteiger partial charge in [0.1, 0.15) is 5.70 Å². The molecule has 1 aliphatic rings. The molecule has 0 atom stereocenters. The lowest BCUT2D eigenvalue weighted by molar-refractivity contribution is -0.113. The molecule has 0 spiro atoms. The van der Waals surface area contributed by atoms with Gasteiger partial charge in [-0.1, -0.05) is 17.7 Å². The van der Waals surface area contributed by atoms with E-state index < -0.39 is 0 Å². The number of thiocarbonyl (C=S) groups is 1. The third-order valence-corrected chi connectivity index (χ3v) is 3.47. The summed E-state index contributed by atoms with van der Waals surface area (Å²) in [5, 5.41) is 3.36. The van der Waals surface area contributed by atoms with Crippen LogP contribution in [-0.2, 0) is 4.79 Å². The number of nitrogens with zero attached hydrogens (tertiary/aromatic N) is 2. The second-order valence-corrected chi connectivity index (χ2v) is 5.13. The molecule has 21 heavy (non-hydrogen) atoms. The highest BCUT2D eigenvalue weighted by atomic mass is 32.1. The van der Waals surface area contributed by atoms with Crippen LogP contribution in [0.1, 0.15) is 11.1 Å². The molecule has 5 heteroatoms. The van der Waals surface area contributed by atoms with Crippen molar-refractivity contribution < 1.29 is 4.79 Å². The van der Waals surface area contributed by atoms with Crippen LogP contribution in [0.25, 0.3) is 6.08 Å². The first-order chi connectivity index (χ1) is 10.1. The third-order valence-electron chi connectivity index (χ3n) is 3.19. The van der Waals surface area contributed by atoms with Gasteiger partial charge in [-0.25, -0.2) is 0 Å². The molecule has 1 amide bonds. The Balaban J connectivity index is 1.92. The Labute approximate surface area is 128 Å². The quantitative estimate of drug-likeness (QED) is 0.683. The Kier molecular flexibility index (Phi) is 3.50. The molecule has 1 saturated heterocycles. The van der Waals surface area contributed by atoms with Crippen LogP contribution in [0.15, 0.2) is 54.5 Å². The number of pyridine rings is 1. The van der Waals surface area contributed by atoms with Crippen molar-refractivity contribution >= 4 is 35.0 Å². The predicted molar refractivity (Wildman–Crippen MR) is 86.6 cm³/mol. The fourth-order valence-corrected chi connectivity index (χ4v) is 2.39. The van der Waals surface area contributed by atoms with Crippen LogP contribution in [0, 0.1) is 6.92 Å². The summed E-state index contributed by atoms with van der Waals surface area (Å²) in [6.07, 6.45) is 5.13. The number of aryl methyl sites for hydroxylation is 1. The number of rotatable bonds is 2. The highest BCUT2D eigenvalue weighted by Crippen LogP contribution is 2.22. The number of hydrogen-bond acceptors (Lipinski definition) is 3. The molecular weight excluding hydrogens is 282 g/mol. The van der Waals surface area contributed by atoms with Crippen LogP contribution in [0.4, 0.5) is 5.69 Å². The summed E-state index contributed by atoms with van der Waals surface area (Å²) in [5.74, 6) is -0.152. The summed E-state index contributed by atoms with van der Waals surface area (Å²) in [4.78, 5) is 18.0. The van der Waals surface area contributed by atoms with Gasteiger partial charge < -0.3 is 5.32 Å². The number of nitrogens with one attached hydrogen (secondary N) is 1. The molecule has 1 aliphatic heterocycles. The van der Waals surface area contributed by atoms with Crippen molar-refractivity contribution in [2.24, 2.45) is 0 Å². The maximum atomic E-state index is 12.5. The number of carbonyl (C=O) groups excluding carboxylic acids is 1. The van der Waals surface area contributed by atoms with Crippen molar-refractivity contribution in [1.29, 1.82) is 0 Å². The van der Waals surface area contributed by atoms with Crippen molar-refractivity contribution in [3.63, 3.8) is 0 Å². The average Bonchev–Trinajstić information content (AvgIpc) is 2.76. The molecule has 0 aliphatic carbocycles. The summed E-state index contributed by atoms with van der Waals surface area (Å²) in [6.45, 7) is 2.00. The molecule has 4 nitrogen and oxygen atoms in total. The molecule has 3 rings (SSSR count). The van der Waals surface area contributed by atoms with Gasteiger partial charge in [-0.05, 0) is 55.0 Å². The van der Waals surface area contributed by atoms with Gasteiger partial charge in [-0.3, -0.25) is 14.7 Å². The number of hydrogen-bond donors (Lipinski definition) is 1. The van der Waals surface area contributed by atoms with E-state index in [9.17, 15) is 4.79 Å². The molecule has 1 aromatic heterocycles. The topological polar surface area (TPSA) is 45.2 Å². The number of anilines is 1. The van der Waals surface area contributed by atoms with E-state index in [1.165, 1.54) is 4.90 Å². The van der Waals surface area contributed by atoms with Gasteiger partial charge in [0.2, 0.25) is 0 Å². The van der Waals surface area contributed by atoms with Crippen LogP contribution in [0.2, 0.25) is 0 Å². The molecule has 104 valence electrons. The fourth-order valence-electron chi connectivity index (χ4n) is 2.09. The highest BCUT2D eigenvalue weighted by molar-refractivity contribution is 7.80. The van der Waals surface area contributed by atoms with E-state index in [4.69, 9.17) is 12.2 Å². The predicted octanol–water partition coefficient (Wildman–Crippen LogP) is 2.65. The zero-order chi connectivity index (χ0) is 14.8. The van der Waals surface area contributed by atoms with Gasteiger partial charge >= 0.3 is 0 Å². The SMILES string of the molecule is Cc1ccc(N2C(=O)/C(=C\c3ccncc3)NC2=S)cc1. The largest absolute Gasteiger partial charge is 0.327 e. The average molecular weight is 295 g/mol. The van der Waals surface area contributed by atoms with Crippen molar-refractivity contribution in [3.8, 4) is 0 Å². The first-order valence-corrected chi connectivity index (χ1v) is 6.90. The molecule has 0 bridgehead atoms. The van der Waals surface area contributed by atoms with Gasteiger partial charge in [-0.2, -0.15) is 0 Å². The van der Waals surface area contributed by atoms with Crippen LogP contribution < -0.4 is 10.2 Å². The Hall–Kier alpha value is -2.53. The molecule has 0 saturated carbocycles. The van der Waals surface area contributed by atoms with Crippen LogP contribution >= 0.6 is 12.2 Å². The lowest BCUT2D eigenvalue weighted by Gasteiger charge is -2.13. The normalized spacial score (nSPS) is 16.4. The van der Waals surface area contributed by atoms with E-state index in [-0.39, 0.29) is 5.91 Å². The zero-order valence-electron chi connectivity index (χ0n) is 11.4. The summed E-state index contributed by atoms with van der Waals surface area (Å²) in [6, 6.07) is 11.3. The standard InChI is InChI=1S/C16H13N3OS/c1-11-2-4-13(5-3-11)19-15(20)14(18-16(19)21)10-12-6-8-17-9-7-12/h2-10H,1H3,(H,18,21)/b14-10+. The first-order valence-electron chi connectivity index (χ1n) is 6.49. The molecule has 1 fully saturated rings. The first kappa shape index (κ1) is 13.5. The summed E-state index contributed by atoms with van der Waals surface area (Å²) < 4.78 is 0. The zero-order valence-corrected chi connectivity index (χ0v) is 12.2. The number of carbonyl (C=O) groups is 1. The second kappa shape index (κ2) is 5.46. The van der Waals surface area contributed by atoms with Gasteiger partial charge in [0, 0.05) is 12.4 Å². The number of amides is 1. The second-order valence-electron chi connectivity index (χ2n) is 4.74. The van der Waals surface area contributed by atoms with Gasteiger partial charge in [0.15, 0.2) is 5.11 Å². The van der Waals surface area contributed by atoms with Crippen LogP contribution in [0.5, 0.6) is 0 Å². The van der Waals surface area contributed by atoms with Crippen LogP contribution in [-0.4, -0.2) is 16.0 Å². The Morgan fingerprint density at radius 2 is 1.81 bits per heavy atom. The van der Waals surface area contributed by atoms with Crippen molar-refractivity contribution in [1.82, 2.24) is 10.3 Å². The fraction of sp³-hybridized carbons (Fsp3) is 0.0625. The van der Waals surface area contributed by atoms with Crippen LogP contribution in [0.3, 0.4) is 0 Å². The maximum Gasteiger partial charge on any atom is 0.281 e. The van der Waals surface area contributed by atoms with E-state index in [1.54, 1.807) is 18.5 Å². The molecular formula is C16H13N3OS. The minimum absolute atomic E-state index is 0.152. The molecule has 1 N–H and O–H groups in total. The smallest absolute Gasteiger partial charge is 0.281 e. The van der Waals surface area contributed by atoms with Crippen molar-refractivity contribution in [2.45, 2.75) is 6.92 Å². The van der Waals surface area contributed by atoms with Gasteiger partial charge in [0.05, 0.1) is 5.69 Å². The lowest BCUT2D eigenvalue weighted by atomic mass is 10.2. The van der Waals surface area contributed by atoms with E-state index >= 15 is 0 Å². The molecule has 0 radical (unpaired) electrons. The summed E-state index contributed by atoms with van der Waals surface area (Å²) in [7, 11) is 0. The van der Waals surface area contributed by atoms with E-state index in [0.29, 0.717) is 10.8 Å². The Morgan fingerprint density at radius 3 is 2.48 bits per heavy atom. The van der Waals surface area contributed by atoms with E-state index in [1.807, 2.05) is 43.3 Å². The van der Waals surface area contributed by atoms with Crippen molar-refractivity contribution in [2.75, 3.05) is 4.90 Å². The monoisotopic (exact) mass is 295 g/mol. The van der Waals surface area contributed by atoms with Gasteiger partial charge in [0.25, 0.3) is 5.91 Å². The summed E-state index contributed by atoms with van der Waals surface area (Å²) >= 11 is 5.27.